The van der Waals surface area contributed by atoms with E-state index in [1.54, 1.807) is 31.4 Å². The van der Waals surface area contributed by atoms with Crippen LogP contribution < -0.4 is 14.8 Å². The molecule has 160 valence electrons. The Morgan fingerprint density at radius 2 is 1.66 bits per heavy atom. The molecule has 0 atom stereocenters. The number of nitrogens with zero attached hydrogens (tertiary/aromatic N) is 2. The fourth-order valence-electron chi connectivity index (χ4n) is 3.13. The highest BCUT2D eigenvalue weighted by molar-refractivity contribution is 5.95. The van der Waals surface area contributed by atoms with E-state index in [-0.39, 0.29) is 5.91 Å². The van der Waals surface area contributed by atoms with Crippen molar-refractivity contribution in [3.05, 3.63) is 102 Å². The molecule has 4 aromatic rings. The van der Waals surface area contributed by atoms with Crippen LogP contribution in [0.15, 0.2) is 85.2 Å². The normalized spacial score (nSPS) is 10.4. The highest BCUT2D eigenvalue weighted by atomic mass is 16.5. The zero-order chi connectivity index (χ0) is 22.3. The van der Waals surface area contributed by atoms with Crippen LogP contribution in [0.4, 0.5) is 0 Å². The van der Waals surface area contributed by atoms with Crippen LogP contribution in [0, 0.1) is 6.92 Å². The van der Waals surface area contributed by atoms with Crippen molar-refractivity contribution in [2.24, 2.45) is 0 Å². The van der Waals surface area contributed by atoms with Crippen molar-refractivity contribution in [2.45, 2.75) is 13.5 Å². The van der Waals surface area contributed by atoms with Gasteiger partial charge in [0.15, 0.2) is 0 Å². The first-order chi connectivity index (χ1) is 15.6. The van der Waals surface area contributed by atoms with Crippen molar-refractivity contribution in [1.29, 1.82) is 0 Å². The molecule has 1 aromatic heterocycles. The van der Waals surface area contributed by atoms with E-state index in [1.165, 1.54) is 11.9 Å². The van der Waals surface area contributed by atoms with Gasteiger partial charge in [-0.2, -0.15) is 0 Å². The third kappa shape index (κ3) is 5.29. The zero-order valence-corrected chi connectivity index (χ0v) is 17.9. The molecule has 0 spiro atoms. The molecule has 0 aliphatic carbocycles. The summed E-state index contributed by atoms with van der Waals surface area (Å²) in [7, 11) is 1.61. The Balaban J connectivity index is 1.46. The number of aromatic nitrogens is 2. The zero-order valence-electron chi connectivity index (χ0n) is 17.9. The van der Waals surface area contributed by atoms with Crippen LogP contribution in [0.2, 0.25) is 0 Å². The summed E-state index contributed by atoms with van der Waals surface area (Å²) in [5, 5.41) is 2.96. The molecule has 4 rings (SSSR count). The van der Waals surface area contributed by atoms with Crippen LogP contribution in [0.5, 0.6) is 17.4 Å². The predicted octanol–water partition coefficient (Wildman–Crippen LogP) is 5.18. The Morgan fingerprint density at radius 1 is 0.906 bits per heavy atom. The second-order valence-corrected chi connectivity index (χ2v) is 7.27. The molecule has 0 saturated carbocycles. The first-order valence-corrected chi connectivity index (χ1v) is 10.2. The number of nitrogens with one attached hydrogen (secondary N) is 1. The van der Waals surface area contributed by atoms with Gasteiger partial charge < -0.3 is 14.8 Å². The molecule has 1 heterocycles. The summed E-state index contributed by atoms with van der Waals surface area (Å²) >= 11 is 0. The third-order valence-corrected chi connectivity index (χ3v) is 4.92. The predicted molar refractivity (Wildman–Crippen MR) is 123 cm³/mol. The molecule has 0 bridgehead atoms. The lowest BCUT2D eigenvalue weighted by atomic mass is 10.1. The first-order valence-electron chi connectivity index (χ1n) is 10.2. The molecule has 32 heavy (non-hydrogen) atoms. The maximum atomic E-state index is 12.7. The van der Waals surface area contributed by atoms with Gasteiger partial charge >= 0.3 is 0 Å². The van der Waals surface area contributed by atoms with Gasteiger partial charge in [0.25, 0.3) is 5.91 Å². The van der Waals surface area contributed by atoms with E-state index in [2.05, 4.69) is 15.3 Å². The average Bonchev–Trinajstić information content (AvgIpc) is 2.84. The number of amides is 1. The molecule has 1 amide bonds. The van der Waals surface area contributed by atoms with Gasteiger partial charge in [0.05, 0.1) is 12.8 Å². The summed E-state index contributed by atoms with van der Waals surface area (Å²) in [5.41, 5.74) is 4.27. The van der Waals surface area contributed by atoms with Gasteiger partial charge in [-0.05, 0) is 48.9 Å². The molecule has 0 radical (unpaired) electrons. The lowest BCUT2D eigenvalue weighted by Crippen LogP contribution is -2.22. The first kappa shape index (κ1) is 21.1. The van der Waals surface area contributed by atoms with Crippen molar-refractivity contribution < 1.29 is 14.3 Å². The Labute approximate surface area is 186 Å². The summed E-state index contributed by atoms with van der Waals surface area (Å²) in [6.07, 6.45) is 1.44. The molecular formula is C26H23N3O3. The number of carbonyl (C=O) groups excluding carboxylic acids is 1. The summed E-state index contributed by atoms with van der Waals surface area (Å²) in [4.78, 5) is 21.2. The largest absolute Gasteiger partial charge is 0.497 e. The average molecular weight is 425 g/mol. The van der Waals surface area contributed by atoms with Crippen LogP contribution in [0.3, 0.4) is 0 Å². The van der Waals surface area contributed by atoms with E-state index in [0.717, 1.165) is 16.9 Å². The molecule has 6 heteroatoms. The Bertz CT molecular complexity index is 1210. The number of aryl methyl sites for hydroxylation is 1. The van der Waals surface area contributed by atoms with E-state index in [0.29, 0.717) is 29.4 Å². The lowest BCUT2D eigenvalue weighted by molar-refractivity contribution is 0.0951. The molecule has 0 unspecified atom stereocenters. The summed E-state index contributed by atoms with van der Waals surface area (Å²) in [6, 6.07) is 24.4. The van der Waals surface area contributed by atoms with E-state index < -0.39 is 0 Å². The second kappa shape index (κ2) is 9.75. The Kier molecular flexibility index (Phi) is 6.41. The monoisotopic (exact) mass is 425 g/mol. The third-order valence-electron chi connectivity index (χ3n) is 4.92. The lowest BCUT2D eigenvalue weighted by Gasteiger charge is -2.09. The van der Waals surface area contributed by atoms with E-state index in [1.807, 2.05) is 61.5 Å². The summed E-state index contributed by atoms with van der Waals surface area (Å²) in [6.45, 7) is 2.51. The van der Waals surface area contributed by atoms with Crippen LogP contribution in [-0.2, 0) is 6.54 Å². The summed E-state index contributed by atoms with van der Waals surface area (Å²) < 4.78 is 11.0. The molecule has 0 aliphatic rings. The second-order valence-electron chi connectivity index (χ2n) is 7.27. The smallest absolute Gasteiger partial charge is 0.251 e. The molecule has 6 nitrogen and oxygen atoms in total. The number of benzene rings is 3. The van der Waals surface area contributed by atoms with Gasteiger partial charge in [-0.1, -0.05) is 42.0 Å². The van der Waals surface area contributed by atoms with Gasteiger partial charge in [-0.15, -0.1) is 0 Å². The van der Waals surface area contributed by atoms with Crippen LogP contribution >= 0.6 is 0 Å². The summed E-state index contributed by atoms with van der Waals surface area (Å²) in [5.74, 6) is 1.66. The maximum Gasteiger partial charge on any atom is 0.251 e. The standard InChI is InChI=1S/C26H23N3O3/c1-18-6-8-19(9-7-18)16-27-26(30)21-5-3-4-20(14-21)24-15-25(29-17-28-24)32-23-12-10-22(31-2)11-13-23/h3-15,17H,16H2,1-2H3,(H,27,30). The molecule has 0 fully saturated rings. The number of hydrogen-bond acceptors (Lipinski definition) is 5. The van der Waals surface area contributed by atoms with Crippen LogP contribution in [-0.4, -0.2) is 23.0 Å². The highest BCUT2D eigenvalue weighted by Gasteiger charge is 2.09. The minimum Gasteiger partial charge on any atom is -0.497 e. The van der Waals surface area contributed by atoms with Gasteiger partial charge in [-0.3, -0.25) is 4.79 Å². The van der Waals surface area contributed by atoms with Crippen molar-refractivity contribution in [3.8, 4) is 28.6 Å². The molecule has 3 aromatic carbocycles. The number of methoxy groups -OCH3 is 1. The van der Waals surface area contributed by atoms with Gasteiger partial charge in [-0.25, -0.2) is 9.97 Å². The van der Waals surface area contributed by atoms with E-state index in [9.17, 15) is 4.79 Å². The van der Waals surface area contributed by atoms with Crippen LogP contribution in [0.1, 0.15) is 21.5 Å². The van der Waals surface area contributed by atoms with Crippen molar-refractivity contribution in [2.75, 3.05) is 7.11 Å². The van der Waals surface area contributed by atoms with E-state index >= 15 is 0 Å². The molecule has 1 N–H and O–H groups in total. The van der Waals surface area contributed by atoms with E-state index in [4.69, 9.17) is 9.47 Å². The van der Waals surface area contributed by atoms with Gasteiger partial charge in [0, 0.05) is 23.7 Å². The van der Waals surface area contributed by atoms with Gasteiger partial charge in [0.1, 0.15) is 17.8 Å². The maximum absolute atomic E-state index is 12.7. The fraction of sp³-hybridized carbons (Fsp3) is 0.115. The van der Waals surface area contributed by atoms with Crippen molar-refractivity contribution in [1.82, 2.24) is 15.3 Å². The van der Waals surface area contributed by atoms with Crippen LogP contribution in [0.25, 0.3) is 11.3 Å². The quantitative estimate of drug-likeness (QED) is 0.441. The van der Waals surface area contributed by atoms with Gasteiger partial charge in [0.2, 0.25) is 5.88 Å². The molecule has 0 aliphatic heterocycles. The minimum atomic E-state index is -0.142. The fourth-order valence-corrected chi connectivity index (χ4v) is 3.13. The Morgan fingerprint density at radius 3 is 2.41 bits per heavy atom. The topological polar surface area (TPSA) is 73.3 Å². The number of rotatable bonds is 7. The number of ether oxygens (including phenoxy) is 2. The number of hydrogen-bond donors (Lipinski definition) is 1. The van der Waals surface area contributed by atoms with Crippen molar-refractivity contribution in [3.63, 3.8) is 0 Å². The Hall–Kier alpha value is -4.19. The molecular weight excluding hydrogens is 402 g/mol. The van der Waals surface area contributed by atoms with Crippen molar-refractivity contribution >= 4 is 5.91 Å². The highest BCUT2D eigenvalue weighted by Crippen LogP contribution is 2.25. The minimum absolute atomic E-state index is 0.142. The molecule has 0 saturated heterocycles. The number of carbonyl (C=O) groups is 1. The SMILES string of the molecule is COc1ccc(Oc2cc(-c3cccc(C(=O)NCc4ccc(C)cc4)c3)ncn2)cc1.